The molecule has 0 N–H and O–H groups in total. The first-order valence-corrected chi connectivity index (χ1v) is 9.54. The summed E-state index contributed by atoms with van der Waals surface area (Å²) in [6, 6.07) is 17.5. The van der Waals surface area contributed by atoms with E-state index in [0.29, 0.717) is 5.91 Å². The minimum atomic E-state index is -0.132. The van der Waals surface area contributed by atoms with Gasteiger partial charge in [0.05, 0.1) is 5.92 Å². The smallest absolute Gasteiger partial charge is 0.226 e. The summed E-state index contributed by atoms with van der Waals surface area (Å²) in [5, 5.41) is 0. The molecule has 1 aliphatic heterocycles. The molecule has 4 rings (SSSR count). The summed E-state index contributed by atoms with van der Waals surface area (Å²) in [6.45, 7) is 6.15. The monoisotopic (exact) mass is 333 g/mol. The van der Waals surface area contributed by atoms with Gasteiger partial charge in [-0.05, 0) is 50.7 Å². The van der Waals surface area contributed by atoms with Crippen LogP contribution in [0, 0.1) is 19.8 Å². The van der Waals surface area contributed by atoms with Crippen molar-refractivity contribution in [3.05, 3.63) is 70.8 Å². The van der Waals surface area contributed by atoms with Crippen LogP contribution < -0.4 is 0 Å². The molecule has 1 heterocycles. The fraction of sp³-hybridized carbons (Fsp3) is 0.435. The van der Waals surface area contributed by atoms with E-state index in [1.165, 1.54) is 28.7 Å². The maximum absolute atomic E-state index is 13.2. The summed E-state index contributed by atoms with van der Waals surface area (Å²) in [5.74, 6) is 0.455. The summed E-state index contributed by atoms with van der Waals surface area (Å²) in [6.07, 6.45) is 4.51. The Morgan fingerprint density at radius 3 is 2.00 bits per heavy atom. The van der Waals surface area contributed by atoms with Gasteiger partial charge in [-0.15, -0.1) is 0 Å². The number of carbonyl (C=O) groups is 1. The lowest BCUT2D eigenvalue weighted by Crippen LogP contribution is -2.38. The fourth-order valence-electron chi connectivity index (χ4n) is 4.55. The molecule has 1 amide bonds. The molecule has 0 bridgehead atoms. The number of hydrogen-bond acceptors (Lipinski definition) is 1. The second kappa shape index (κ2) is 6.33. The molecule has 0 unspecified atom stereocenters. The minimum Gasteiger partial charge on any atom is -0.342 e. The number of amides is 1. The van der Waals surface area contributed by atoms with Crippen molar-refractivity contribution in [3.8, 4) is 0 Å². The zero-order valence-electron chi connectivity index (χ0n) is 15.3. The van der Waals surface area contributed by atoms with Gasteiger partial charge in [0, 0.05) is 18.5 Å². The topological polar surface area (TPSA) is 20.3 Å². The number of likely N-dealkylation sites (tertiary alicyclic amines) is 1. The summed E-state index contributed by atoms with van der Waals surface area (Å²) in [7, 11) is 0. The van der Waals surface area contributed by atoms with Gasteiger partial charge in [0.1, 0.15) is 0 Å². The maximum atomic E-state index is 13.2. The highest BCUT2D eigenvalue weighted by Gasteiger charge is 2.61. The normalized spacial score (nSPS) is 21.8. The van der Waals surface area contributed by atoms with Crippen molar-refractivity contribution in [1.82, 2.24) is 4.90 Å². The Morgan fingerprint density at radius 2 is 1.48 bits per heavy atom. The van der Waals surface area contributed by atoms with E-state index in [2.05, 4.69) is 67.3 Å². The van der Waals surface area contributed by atoms with Gasteiger partial charge in [0.2, 0.25) is 5.91 Å². The van der Waals surface area contributed by atoms with Gasteiger partial charge in [-0.2, -0.15) is 0 Å². The molecule has 2 heteroatoms. The Kier molecular flexibility index (Phi) is 4.15. The van der Waals surface area contributed by atoms with Gasteiger partial charge < -0.3 is 4.90 Å². The lowest BCUT2D eigenvalue weighted by molar-refractivity contribution is -0.133. The maximum Gasteiger partial charge on any atom is 0.226 e. The summed E-state index contributed by atoms with van der Waals surface area (Å²) >= 11 is 0. The van der Waals surface area contributed by atoms with Crippen LogP contribution >= 0.6 is 0 Å². The van der Waals surface area contributed by atoms with Crippen molar-refractivity contribution in [2.24, 2.45) is 5.92 Å². The minimum absolute atomic E-state index is 0.0919. The molecule has 25 heavy (non-hydrogen) atoms. The van der Waals surface area contributed by atoms with Gasteiger partial charge in [-0.3, -0.25) is 4.79 Å². The summed E-state index contributed by atoms with van der Waals surface area (Å²) < 4.78 is 0. The lowest BCUT2D eigenvalue weighted by atomic mass is 9.84. The van der Waals surface area contributed by atoms with E-state index < -0.39 is 0 Å². The first-order chi connectivity index (χ1) is 12.1. The van der Waals surface area contributed by atoms with E-state index in [1.807, 2.05) is 0 Å². The number of benzene rings is 2. The third-order valence-electron chi connectivity index (χ3n) is 5.99. The van der Waals surface area contributed by atoms with E-state index in [9.17, 15) is 4.79 Å². The lowest BCUT2D eigenvalue weighted by Gasteiger charge is -2.28. The standard InChI is InChI=1S/C23H27NO/c1-17-8-6-10-19(14-17)23(20-11-7-9-18(2)15-20)16-21(23)22(25)24-12-4-3-5-13-24/h6-11,14-15,21H,3-5,12-13,16H2,1-2H3/t21-/m0/s1. The molecule has 1 saturated carbocycles. The molecular formula is C23H27NO. The Hall–Kier alpha value is -2.09. The predicted molar refractivity (Wildman–Crippen MR) is 102 cm³/mol. The molecule has 1 aliphatic carbocycles. The molecule has 2 aliphatic rings. The highest BCUT2D eigenvalue weighted by atomic mass is 16.2. The molecule has 130 valence electrons. The Labute approximate surface area is 150 Å². The largest absolute Gasteiger partial charge is 0.342 e. The van der Waals surface area contributed by atoms with Crippen LogP contribution in [-0.2, 0) is 10.2 Å². The molecule has 2 aromatic carbocycles. The quantitative estimate of drug-likeness (QED) is 0.802. The van der Waals surface area contributed by atoms with Crippen LogP contribution in [0.25, 0.3) is 0 Å². The zero-order valence-corrected chi connectivity index (χ0v) is 15.3. The Bertz CT molecular complexity index is 743. The van der Waals surface area contributed by atoms with Gasteiger partial charge in [0.25, 0.3) is 0 Å². The molecule has 2 fully saturated rings. The molecule has 1 saturated heterocycles. The molecule has 2 nitrogen and oxygen atoms in total. The number of carbonyl (C=O) groups excluding carboxylic acids is 1. The number of nitrogens with zero attached hydrogens (tertiary/aromatic N) is 1. The molecule has 0 radical (unpaired) electrons. The average Bonchev–Trinajstić information content (AvgIpc) is 3.39. The Balaban J connectivity index is 1.73. The first kappa shape index (κ1) is 16.4. The van der Waals surface area contributed by atoms with E-state index in [4.69, 9.17) is 0 Å². The van der Waals surface area contributed by atoms with Gasteiger partial charge in [-0.25, -0.2) is 0 Å². The first-order valence-electron chi connectivity index (χ1n) is 9.54. The molecular weight excluding hydrogens is 306 g/mol. The number of rotatable bonds is 3. The molecule has 2 aromatic rings. The zero-order chi connectivity index (χ0) is 17.4. The SMILES string of the molecule is Cc1cccc(C2(c3cccc(C)c3)C[C@H]2C(=O)N2CCCCC2)c1. The third-order valence-corrected chi connectivity index (χ3v) is 5.99. The third kappa shape index (κ3) is 2.88. The highest BCUT2D eigenvalue weighted by Crippen LogP contribution is 2.59. The number of aryl methyl sites for hydroxylation is 2. The van der Waals surface area contributed by atoms with Crippen LogP contribution in [-0.4, -0.2) is 23.9 Å². The number of hydrogen-bond donors (Lipinski definition) is 0. The highest BCUT2D eigenvalue weighted by molar-refractivity contribution is 5.86. The van der Waals surface area contributed by atoms with Gasteiger partial charge in [0.15, 0.2) is 0 Å². The molecule has 0 spiro atoms. The van der Waals surface area contributed by atoms with Crippen LogP contribution in [0.3, 0.4) is 0 Å². The van der Waals surface area contributed by atoms with Crippen LogP contribution in [0.2, 0.25) is 0 Å². The van der Waals surface area contributed by atoms with Crippen LogP contribution in [0.1, 0.15) is 47.9 Å². The van der Waals surface area contributed by atoms with Crippen molar-refractivity contribution in [2.75, 3.05) is 13.1 Å². The Morgan fingerprint density at radius 1 is 0.920 bits per heavy atom. The van der Waals surface area contributed by atoms with Crippen LogP contribution in [0.5, 0.6) is 0 Å². The van der Waals surface area contributed by atoms with Crippen molar-refractivity contribution in [3.63, 3.8) is 0 Å². The van der Waals surface area contributed by atoms with E-state index in [0.717, 1.165) is 32.4 Å². The average molecular weight is 333 g/mol. The second-order valence-electron chi connectivity index (χ2n) is 7.85. The van der Waals surface area contributed by atoms with E-state index in [-0.39, 0.29) is 11.3 Å². The fourth-order valence-corrected chi connectivity index (χ4v) is 4.55. The van der Waals surface area contributed by atoms with Gasteiger partial charge >= 0.3 is 0 Å². The predicted octanol–water partition coefficient (Wildman–Crippen LogP) is 4.62. The summed E-state index contributed by atoms with van der Waals surface area (Å²) in [5.41, 5.74) is 5.00. The van der Waals surface area contributed by atoms with Crippen molar-refractivity contribution in [2.45, 2.75) is 44.9 Å². The van der Waals surface area contributed by atoms with Crippen molar-refractivity contribution in [1.29, 1.82) is 0 Å². The molecule has 1 atom stereocenters. The van der Waals surface area contributed by atoms with Gasteiger partial charge in [-0.1, -0.05) is 59.7 Å². The number of piperidine rings is 1. The second-order valence-corrected chi connectivity index (χ2v) is 7.85. The van der Waals surface area contributed by atoms with E-state index >= 15 is 0 Å². The van der Waals surface area contributed by atoms with E-state index in [1.54, 1.807) is 0 Å². The summed E-state index contributed by atoms with van der Waals surface area (Å²) in [4.78, 5) is 15.3. The van der Waals surface area contributed by atoms with Crippen molar-refractivity contribution < 1.29 is 4.79 Å². The van der Waals surface area contributed by atoms with Crippen LogP contribution in [0.15, 0.2) is 48.5 Å². The van der Waals surface area contributed by atoms with Crippen LogP contribution in [0.4, 0.5) is 0 Å². The van der Waals surface area contributed by atoms with Crippen molar-refractivity contribution >= 4 is 5.91 Å². The molecule has 0 aromatic heterocycles.